The summed E-state index contributed by atoms with van der Waals surface area (Å²) >= 11 is 15.9. The van der Waals surface area contributed by atoms with Gasteiger partial charge < -0.3 is 0 Å². The van der Waals surface area contributed by atoms with Crippen molar-refractivity contribution in [3.05, 3.63) is 56.2 Å². The maximum atomic E-state index is 6.23. The van der Waals surface area contributed by atoms with Crippen molar-refractivity contribution in [3.63, 3.8) is 0 Å². The molecule has 0 aliphatic rings. The van der Waals surface area contributed by atoms with Gasteiger partial charge in [0.05, 0.1) is 6.04 Å². The van der Waals surface area contributed by atoms with Crippen molar-refractivity contribution >= 4 is 55.3 Å². The first-order chi connectivity index (χ1) is 9.69. The number of rotatable bonds is 4. The molecular formula is C14H12Cl2N2S2. The second kappa shape index (κ2) is 6.02. The lowest BCUT2D eigenvalue weighted by atomic mass is 10.0. The highest BCUT2D eigenvalue weighted by Crippen LogP contribution is 2.36. The summed E-state index contributed by atoms with van der Waals surface area (Å²) in [6.45, 7) is 0. The number of nitrogens with one attached hydrogen (secondary N) is 1. The molecule has 6 heteroatoms. The van der Waals surface area contributed by atoms with Crippen LogP contribution in [-0.4, -0.2) is 0 Å². The van der Waals surface area contributed by atoms with Crippen LogP contribution in [-0.2, 0) is 6.42 Å². The van der Waals surface area contributed by atoms with Crippen molar-refractivity contribution in [1.29, 1.82) is 0 Å². The summed E-state index contributed by atoms with van der Waals surface area (Å²) in [5, 5.41) is 3.45. The van der Waals surface area contributed by atoms with Gasteiger partial charge in [-0.3, -0.25) is 11.3 Å². The third-order valence-electron chi connectivity index (χ3n) is 3.17. The van der Waals surface area contributed by atoms with E-state index in [-0.39, 0.29) is 6.04 Å². The van der Waals surface area contributed by atoms with Crippen LogP contribution in [0.4, 0.5) is 0 Å². The number of fused-ring (bicyclic) bond motifs is 1. The molecule has 0 amide bonds. The number of hydrogen-bond acceptors (Lipinski definition) is 4. The topological polar surface area (TPSA) is 38.0 Å². The molecule has 104 valence electrons. The molecule has 1 aromatic carbocycles. The van der Waals surface area contributed by atoms with Gasteiger partial charge in [-0.15, -0.1) is 22.7 Å². The summed E-state index contributed by atoms with van der Waals surface area (Å²) < 4.78 is 2.58. The lowest BCUT2D eigenvalue weighted by molar-refractivity contribution is 0.561. The fraction of sp³-hybridized carbons (Fsp3) is 0.143. The summed E-state index contributed by atoms with van der Waals surface area (Å²) in [6.07, 6.45) is 0.669. The first-order valence-corrected chi connectivity index (χ1v) is 8.50. The Hall–Kier alpha value is -0.620. The van der Waals surface area contributed by atoms with Crippen molar-refractivity contribution in [1.82, 2.24) is 5.43 Å². The van der Waals surface area contributed by atoms with Gasteiger partial charge in [0.1, 0.15) is 0 Å². The predicted octanol–water partition coefficient (Wildman–Crippen LogP) is 5.02. The minimum Gasteiger partial charge on any atom is -0.271 e. The van der Waals surface area contributed by atoms with E-state index in [1.807, 2.05) is 18.2 Å². The van der Waals surface area contributed by atoms with E-state index >= 15 is 0 Å². The van der Waals surface area contributed by atoms with Crippen molar-refractivity contribution < 1.29 is 0 Å². The van der Waals surface area contributed by atoms with Gasteiger partial charge in [-0.2, -0.15) is 0 Å². The summed E-state index contributed by atoms with van der Waals surface area (Å²) in [5.74, 6) is 5.72. The van der Waals surface area contributed by atoms with E-state index in [2.05, 4.69) is 22.9 Å². The van der Waals surface area contributed by atoms with Gasteiger partial charge in [-0.05, 0) is 41.6 Å². The summed E-state index contributed by atoms with van der Waals surface area (Å²) in [4.78, 5) is 1.20. The van der Waals surface area contributed by atoms with Crippen LogP contribution in [0.3, 0.4) is 0 Å². The van der Waals surface area contributed by atoms with Crippen molar-refractivity contribution in [2.24, 2.45) is 5.84 Å². The molecule has 0 radical (unpaired) electrons. The molecule has 3 N–H and O–H groups in total. The van der Waals surface area contributed by atoms with Crippen molar-refractivity contribution in [2.45, 2.75) is 12.5 Å². The fourth-order valence-corrected chi connectivity index (χ4v) is 4.86. The van der Waals surface area contributed by atoms with Gasteiger partial charge in [-0.25, -0.2) is 0 Å². The van der Waals surface area contributed by atoms with Crippen LogP contribution in [0.5, 0.6) is 0 Å². The smallest absolute Gasteiger partial charge is 0.0595 e. The standard InChI is InChI=1S/C14H12Cl2N2S2/c15-9-2-1-3-10(16)8(9)6-11(18-17)13-7-14-12(20-13)4-5-19-14/h1-5,7,11,18H,6,17H2. The first-order valence-electron chi connectivity index (χ1n) is 6.05. The lowest BCUT2D eigenvalue weighted by Crippen LogP contribution is -2.29. The number of thiophene rings is 2. The van der Waals surface area contributed by atoms with Crippen LogP contribution >= 0.6 is 45.9 Å². The average molecular weight is 343 g/mol. The highest BCUT2D eigenvalue weighted by Gasteiger charge is 2.17. The van der Waals surface area contributed by atoms with E-state index < -0.39 is 0 Å². The fourth-order valence-electron chi connectivity index (χ4n) is 2.13. The normalized spacial score (nSPS) is 12.9. The predicted molar refractivity (Wildman–Crippen MR) is 89.9 cm³/mol. The van der Waals surface area contributed by atoms with Crippen LogP contribution in [0, 0.1) is 0 Å². The summed E-state index contributed by atoms with van der Waals surface area (Å²) in [7, 11) is 0. The molecule has 1 atom stereocenters. The zero-order chi connectivity index (χ0) is 14.1. The highest BCUT2D eigenvalue weighted by atomic mass is 35.5. The monoisotopic (exact) mass is 342 g/mol. The van der Waals surface area contributed by atoms with E-state index in [0.29, 0.717) is 16.5 Å². The number of nitrogens with two attached hydrogens (primary N) is 1. The zero-order valence-electron chi connectivity index (χ0n) is 10.4. The molecule has 0 aliphatic heterocycles. The van der Waals surface area contributed by atoms with Gasteiger partial charge in [-0.1, -0.05) is 29.3 Å². The average Bonchev–Trinajstić information content (AvgIpc) is 2.99. The third-order valence-corrected chi connectivity index (χ3v) is 6.09. The molecule has 0 saturated heterocycles. The van der Waals surface area contributed by atoms with Crippen LogP contribution in [0.15, 0.2) is 35.7 Å². The molecule has 3 rings (SSSR count). The largest absolute Gasteiger partial charge is 0.271 e. The van der Waals surface area contributed by atoms with Crippen molar-refractivity contribution in [3.8, 4) is 0 Å². The zero-order valence-corrected chi connectivity index (χ0v) is 13.5. The molecule has 3 aromatic rings. The number of benzene rings is 1. The Balaban J connectivity index is 1.92. The van der Waals surface area contributed by atoms with Gasteiger partial charge in [0.25, 0.3) is 0 Å². The van der Waals surface area contributed by atoms with Crippen molar-refractivity contribution in [2.75, 3.05) is 0 Å². The SMILES string of the molecule is NNC(Cc1c(Cl)cccc1Cl)c1cc2sccc2s1. The van der Waals surface area contributed by atoms with Crippen LogP contribution in [0.2, 0.25) is 10.0 Å². The highest BCUT2D eigenvalue weighted by molar-refractivity contribution is 7.26. The second-order valence-corrected chi connectivity index (χ2v) is 7.30. The van der Waals surface area contributed by atoms with E-state index in [4.69, 9.17) is 29.0 Å². The molecule has 0 saturated carbocycles. The Morgan fingerprint density at radius 2 is 1.90 bits per heavy atom. The Morgan fingerprint density at radius 1 is 1.15 bits per heavy atom. The Kier molecular flexibility index (Phi) is 4.31. The van der Waals surface area contributed by atoms with E-state index in [1.54, 1.807) is 22.7 Å². The van der Waals surface area contributed by atoms with E-state index in [1.165, 1.54) is 14.3 Å². The molecule has 2 nitrogen and oxygen atoms in total. The minimum absolute atomic E-state index is 0.0111. The number of hydrogen-bond donors (Lipinski definition) is 2. The molecule has 20 heavy (non-hydrogen) atoms. The molecule has 0 spiro atoms. The Bertz CT molecular complexity index is 687. The summed E-state index contributed by atoms with van der Waals surface area (Å²) in [6, 6.07) is 9.87. The van der Waals surface area contributed by atoms with Crippen LogP contribution < -0.4 is 11.3 Å². The third kappa shape index (κ3) is 2.72. The molecule has 2 heterocycles. The quantitative estimate of drug-likeness (QED) is 0.516. The van der Waals surface area contributed by atoms with Gasteiger partial charge >= 0.3 is 0 Å². The lowest BCUT2D eigenvalue weighted by Gasteiger charge is -2.16. The van der Waals surface area contributed by atoms with E-state index in [0.717, 1.165) is 5.56 Å². The van der Waals surface area contributed by atoms with Gasteiger partial charge in [0.15, 0.2) is 0 Å². The van der Waals surface area contributed by atoms with Gasteiger partial charge in [0, 0.05) is 24.3 Å². The maximum Gasteiger partial charge on any atom is 0.0595 e. The van der Waals surface area contributed by atoms with Crippen LogP contribution in [0.1, 0.15) is 16.5 Å². The molecule has 1 unspecified atom stereocenters. The first kappa shape index (κ1) is 14.3. The molecule has 2 aromatic heterocycles. The number of hydrazine groups is 1. The second-order valence-electron chi connectivity index (χ2n) is 4.42. The molecular weight excluding hydrogens is 331 g/mol. The molecule has 0 fully saturated rings. The Labute approximate surface area is 135 Å². The molecule has 0 aliphatic carbocycles. The Morgan fingerprint density at radius 3 is 2.55 bits per heavy atom. The maximum absolute atomic E-state index is 6.23. The summed E-state index contributed by atoms with van der Waals surface area (Å²) in [5.41, 5.74) is 3.80. The van der Waals surface area contributed by atoms with Crippen LogP contribution in [0.25, 0.3) is 9.40 Å². The molecule has 0 bridgehead atoms. The van der Waals surface area contributed by atoms with E-state index in [9.17, 15) is 0 Å². The minimum atomic E-state index is 0.0111. The number of halogens is 2. The van der Waals surface area contributed by atoms with Gasteiger partial charge in [0.2, 0.25) is 0 Å².